The van der Waals surface area contributed by atoms with Crippen molar-refractivity contribution in [3.63, 3.8) is 0 Å². The van der Waals surface area contributed by atoms with Crippen molar-refractivity contribution >= 4 is 20.9 Å². The molecule has 0 amide bonds. The van der Waals surface area contributed by atoms with Gasteiger partial charge in [-0.1, -0.05) is 54.4 Å². The molecule has 1 fully saturated rings. The number of hydrogen-bond acceptors (Lipinski definition) is 6. The molecule has 1 aliphatic rings. The summed E-state index contributed by atoms with van der Waals surface area (Å²) < 4.78 is 28.7. The van der Waals surface area contributed by atoms with Gasteiger partial charge in [-0.3, -0.25) is 4.90 Å². The van der Waals surface area contributed by atoms with Crippen LogP contribution in [0, 0.1) is 20.8 Å². The first kappa shape index (κ1) is 25.5. The topological polar surface area (TPSA) is 96.8 Å². The molecular formula is C30H32N6O2S. The van der Waals surface area contributed by atoms with Gasteiger partial charge in [-0.25, -0.2) is 12.4 Å². The number of aromatic nitrogens is 5. The van der Waals surface area contributed by atoms with Crippen LogP contribution in [-0.4, -0.2) is 44.5 Å². The Morgan fingerprint density at radius 3 is 2.44 bits per heavy atom. The molecule has 6 rings (SSSR count). The Morgan fingerprint density at radius 1 is 0.949 bits per heavy atom. The van der Waals surface area contributed by atoms with Crippen LogP contribution in [0.2, 0.25) is 0 Å². The van der Waals surface area contributed by atoms with Crippen molar-refractivity contribution in [1.29, 1.82) is 0 Å². The maximum atomic E-state index is 13.6. The number of nitrogens with zero attached hydrogens (tertiary/aromatic N) is 5. The molecular weight excluding hydrogens is 508 g/mol. The molecule has 1 saturated heterocycles. The van der Waals surface area contributed by atoms with Crippen molar-refractivity contribution in [3.05, 3.63) is 94.7 Å². The Hall–Kier alpha value is -3.82. The first-order valence-corrected chi connectivity index (χ1v) is 14.8. The Labute approximate surface area is 228 Å². The molecule has 8 nitrogen and oxygen atoms in total. The fourth-order valence-electron chi connectivity index (χ4n) is 5.87. The van der Waals surface area contributed by atoms with Crippen molar-refractivity contribution in [2.45, 2.75) is 57.5 Å². The summed E-state index contributed by atoms with van der Waals surface area (Å²) >= 11 is 0. The Bertz CT molecular complexity index is 1720. The third kappa shape index (κ3) is 4.66. The van der Waals surface area contributed by atoms with Crippen LogP contribution in [0.15, 0.2) is 71.8 Å². The zero-order valence-corrected chi connectivity index (χ0v) is 23.2. The summed E-state index contributed by atoms with van der Waals surface area (Å²) in [4.78, 5) is 2.84. The number of H-pyrrole nitrogens is 1. The van der Waals surface area contributed by atoms with Gasteiger partial charge in [0, 0.05) is 29.7 Å². The van der Waals surface area contributed by atoms with Gasteiger partial charge in [-0.15, -0.1) is 10.2 Å². The number of aryl methyl sites for hydroxylation is 3. The first-order chi connectivity index (χ1) is 18.8. The van der Waals surface area contributed by atoms with E-state index >= 15 is 0 Å². The predicted molar refractivity (Wildman–Crippen MR) is 152 cm³/mol. The average molecular weight is 541 g/mol. The summed E-state index contributed by atoms with van der Waals surface area (Å²) in [5, 5.41) is 15.3. The molecule has 2 aromatic heterocycles. The number of tetrazole rings is 1. The minimum Gasteiger partial charge on any atom is -0.292 e. The number of likely N-dealkylation sites (tertiary alicyclic amines) is 1. The maximum absolute atomic E-state index is 13.6. The van der Waals surface area contributed by atoms with E-state index in [1.54, 1.807) is 18.3 Å². The van der Waals surface area contributed by atoms with E-state index in [4.69, 9.17) is 0 Å². The summed E-state index contributed by atoms with van der Waals surface area (Å²) in [6.45, 7) is 7.83. The summed E-state index contributed by atoms with van der Waals surface area (Å²) in [5.41, 5.74) is 7.31. The summed E-state index contributed by atoms with van der Waals surface area (Å²) in [6.07, 6.45) is 5.12. The second kappa shape index (κ2) is 10.1. The van der Waals surface area contributed by atoms with Crippen molar-refractivity contribution in [3.8, 4) is 11.4 Å². The molecule has 0 saturated carbocycles. The van der Waals surface area contributed by atoms with Crippen molar-refractivity contribution < 1.29 is 8.42 Å². The number of aromatic amines is 1. The zero-order chi connectivity index (χ0) is 27.1. The number of hydrogen-bond donors (Lipinski definition) is 1. The van der Waals surface area contributed by atoms with Crippen LogP contribution in [0.5, 0.6) is 0 Å². The Morgan fingerprint density at radius 2 is 1.72 bits per heavy atom. The summed E-state index contributed by atoms with van der Waals surface area (Å²) in [7, 11) is -3.71. The van der Waals surface area contributed by atoms with Crippen LogP contribution in [-0.2, 0) is 16.6 Å². The van der Waals surface area contributed by atoms with Gasteiger partial charge < -0.3 is 0 Å². The van der Waals surface area contributed by atoms with Gasteiger partial charge in [0.15, 0.2) is 0 Å². The highest BCUT2D eigenvalue weighted by Crippen LogP contribution is 2.36. The standard InChI is InChI=1S/C30H32N6O2S/c1-20-7-13-25(14-8-20)39(37,38)36-17-15-26-27(21(2)18-22(3)29(26)36)19-35-16-5-4-6-28(35)23-9-11-24(12-10-23)30-31-33-34-32-30/h7-15,17-18,28H,4-6,16,19H2,1-3H3,(H,31,32,33,34). The van der Waals surface area contributed by atoms with E-state index < -0.39 is 10.0 Å². The number of benzene rings is 3. The minimum atomic E-state index is -3.71. The first-order valence-electron chi connectivity index (χ1n) is 13.3. The highest BCUT2D eigenvalue weighted by atomic mass is 32.2. The van der Waals surface area contributed by atoms with Crippen LogP contribution in [0.3, 0.4) is 0 Å². The van der Waals surface area contributed by atoms with Gasteiger partial charge in [0.25, 0.3) is 10.0 Å². The molecule has 3 heterocycles. The quantitative estimate of drug-likeness (QED) is 0.296. The predicted octanol–water partition coefficient (Wildman–Crippen LogP) is 5.71. The molecule has 1 N–H and O–H groups in total. The monoisotopic (exact) mass is 540 g/mol. The van der Waals surface area contributed by atoms with E-state index in [-0.39, 0.29) is 6.04 Å². The molecule has 200 valence electrons. The largest absolute Gasteiger partial charge is 0.292 e. The summed E-state index contributed by atoms with van der Waals surface area (Å²) in [5.74, 6) is 0.588. The average Bonchev–Trinajstić information content (AvgIpc) is 3.63. The summed E-state index contributed by atoms with van der Waals surface area (Å²) in [6, 6.07) is 19.9. The molecule has 0 radical (unpaired) electrons. The van der Waals surface area contributed by atoms with Gasteiger partial charge in [-0.2, -0.15) is 5.21 Å². The second-order valence-corrected chi connectivity index (χ2v) is 12.3. The van der Waals surface area contributed by atoms with E-state index in [1.165, 1.54) is 27.1 Å². The van der Waals surface area contributed by atoms with Gasteiger partial charge in [0.1, 0.15) is 0 Å². The zero-order valence-electron chi connectivity index (χ0n) is 22.4. The molecule has 0 aliphatic carbocycles. The third-order valence-electron chi connectivity index (χ3n) is 7.91. The van der Waals surface area contributed by atoms with Crippen LogP contribution in [0.1, 0.15) is 53.1 Å². The van der Waals surface area contributed by atoms with Gasteiger partial charge in [0.2, 0.25) is 5.82 Å². The van der Waals surface area contributed by atoms with Crippen molar-refractivity contribution in [2.75, 3.05) is 6.54 Å². The molecule has 0 spiro atoms. The third-order valence-corrected chi connectivity index (χ3v) is 9.60. The lowest BCUT2D eigenvalue weighted by Gasteiger charge is -2.36. The molecule has 39 heavy (non-hydrogen) atoms. The highest BCUT2D eigenvalue weighted by Gasteiger charge is 2.27. The molecule has 5 aromatic rings. The van der Waals surface area contributed by atoms with Crippen LogP contribution in [0.25, 0.3) is 22.3 Å². The molecule has 1 atom stereocenters. The number of rotatable bonds is 6. The SMILES string of the molecule is Cc1ccc(S(=O)(=O)n2ccc3c(CN4CCCCC4c4ccc(-c5nn[nH]n5)cc4)c(C)cc(C)c32)cc1. The van der Waals surface area contributed by atoms with Crippen LogP contribution < -0.4 is 0 Å². The maximum Gasteiger partial charge on any atom is 0.268 e. The second-order valence-electron chi connectivity index (χ2n) is 10.5. The number of piperidine rings is 1. The molecule has 3 aromatic carbocycles. The molecule has 1 unspecified atom stereocenters. The normalized spacial score (nSPS) is 16.6. The van der Waals surface area contributed by atoms with E-state index in [9.17, 15) is 8.42 Å². The van der Waals surface area contributed by atoms with Gasteiger partial charge in [0.05, 0.1) is 10.4 Å². The lowest BCUT2D eigenvalue weighted by atomic mass is 9.92. The highest BCUT2D eigenvalue weighted by molar-refractivity contribution is 7.90. The molecule has 1 aliphatic heterocycles. The lowest BCUT2D eigenvalue weighted by molar-refractivity contribution is 0.141. The van der Waals surface area contributed by atoms with Crippen molar-refractivity contribution in [1.82, 2.24) is 29.5 Å². The van der Waals surface area contributed by atoms with E-state index in [1.807, 2.05) is 32.0 Å². The fraction of sp³-hybridized carbons (Fsp3) is 0.300. The molecule has 0 bridgehead atoms. The number of nitrogens with one attached hydrogen (secondary N) is 1. The molecule has 9 heteroatoms. The Balaban J connectivity index is 1.36. The van der Waals surface area contributed by atoms with Gasteiger partial charge >= 0.3 is 0 Å². The Kier molecular flexibility index (Phi) is 6.56. The number of fused-ring (bicyclic) bond motifs is 1. The van der Waals surface area contributed by atoms with Crippen LogP contribution >= 0.6 is 0 Å². The smallest absolute Gasteiger partial charge is 0.268 e. The van der Waals surface area contributed by atoms with E-state index in [2.05, 4.69) is 62.8 Å². The minimum absolute atomic E-state index is 0.284. The van der Waals surface area contributed by atoms with Gasteiger partial charge in [-0.05, 0) is 85.8 Å². The van der Waals surface area contributed by atoms with Crippen LogP contribution in [0.4, 0.5) is 0 Å². The van der Waals surface area contributed by atoms with E-state index in [0.29, 0.717) is 10.7 Å². The van der Waals surface area contributed by atoms with E-state index in [0.717, 1.165) is 53.5 Å². The lowest BCUT2D eigenvalue weighted by Crippen LogP contribution is -2.33. The fourth-order valence-corrected chi connectivity index (χ4v) is 7.28. The van der Waals surface area contributed by atoms with Crippen molar-refractivity contribution in [2.24, 2.45) is 0 Å².